The lowest BCUT2D eigenvalue weighted by Gasteiger charge is -2.45. The molecule has 0 bridgehead atoms. The van der Waals surface area contributed by atoms with Crippen molar-refractivity contribution in [2.75, 3.05) is 6.61 Å². The zero-order valence-corrected chi connectivity index (χ0v) is 19.3. The molecule has 2 aliphatic heterocycles. The van der Waals surface area contributed by atoms with Gasteiger partial charge in [-0.25, -0.2) is 4.79 Å². The van der Waals surface area contributed by atoms with Gasteiger partial charge in [0.05, 0.1) is 24.9 Å². The van der Waals surface area contributed by atoms with E-state index >= 15 is 0 Å². The van der Waals surface area contributed by atoms with E-state index in [9.17, 15) is 40.5 Å². The Bertz CT molecular complexity index is 1010. The van der Waals surface area contributed by atoms with Crippen molar-refractivity contribution in [3.63, 3.8) is 0 Å². The predicted octanol–water partition coefficient (Wildman–Crippen LogP) is -1.49. The molecule has 12 heteroatoms. The fourth-order valence-corrected chi connectivity index (χ4v) is 4.97. The lowest BCUT2D eigenvalue weighted by Crippen LogP contribution is -2.62. The molecule has 1 saturated heterocycles. The van der Waals surface area contributed by atoms with Crippen LogP contribution in [0.15, 0.2) is 42.7 Å². The van der Waals surface area contributed by atoms with Crippen molar-refractivity contribution < 1.29 is 59.5 Å². The van der Waals surface area contributed by atoms with Crippen molar-refractivity contribution in [3.8, 4) is 5.75 Å². The fourth-order valence-electron chi connectivity index (χ4n) is 4.97. The molecular formula is C24H30O12. The second-order valence-electron chi connectivity index (χ2n) is 9.35. The molecule has 3 aliphatic rings. The van der Waals surface area contributed by atoms with E-state index in [1.807, 2.05) is 0 Å². The molecule has 0 spiro atoms. The molecule has 0 radical (unpaired) electrons. The highest BCUT2D eigenvalue weighted by Crippen LogP contribution is 2.51. The van der Waals surface area contributed by atoms with Gasteiger partial charge in [-0.1, -0.05) is 18.2 Å². The Labute approximate surface area is 206 Å². The molecule has 2 fully saturated rings. The number of carbonyl (C=O) groups excluding carboxylic acids is 1. The molecule has 1 aromatic carbocycles. The van der Waals surface area contributed by atoms with Crippen LogP contribution >= 0.6 is 0 Å². The number of phenols is 1. The number of aliphatic hydroxyl groups is 6. The third kappa shape index (κ3) is 4.74. The van der Waals surface area contributed by atoms with E-state index in [-0.39, 0.29) is 12.2 Å². The van der Waals surface area contributed by atoms with Crippen LogP contribution in [0.2, 0.25) is 0 Å². The van der Waals surface area contributed by atoms with Gasteiger partial charge in [-0.05, 0) is 25.1 Å². The van der Waals surface area contributed by atoms with E-state index in [4.69, 9.17) is 18.9 Å². The van der Waals surface area contributed by atoms with Gasteiger partial charge in [0.2, 0.25) is 6.29 Å². The molecular weight excluding hydrogens is 480 g/mol. The van der Waals surface area contributed by atoms with Crippen LogP contribution in [0.25, 0.3) is 6.08 Å². The summed E-state index contributed by atoms with van der Waals surface area (Å²) in [5.41, 5.74) is -3.12. The van der Waals surface area contributed by atoms with Gasteiger partial charge < -0.3 is 54.7 Å². The molecule has 7 N–H and O–H groups in total. The largest absolute Gasteiger partial charge is 0.507 e. The molecule has 198 valence electrons. The highest BCUT2D eigenvalue weighted by molar-refractivity contribution is 5.88. The van der Waals surface area contributed by atoms with E-state index in [1.165, 1.54) is 25.1 Å². The molecule has 1 aliphatic carbocycles. The number of fused-ring (bicyclic) bond motifs is 1. The zero-order valence-electron chi connectivity index (χ0n) is 19.3. The highest BCUT2D eigenvalue weighted by Gasteiger charge is 2.66. The Balaban J connectivity index is 1.56. The number of ether oxygens (including phenoxy) is 4. The standard InChI is InChI=1S/C24H30O12/c1-23(36-16(28)7-6-12-4-2-3-5-13(12)26)10-15(27)24(32)8-9-33-22(20(23)24)35-21-19(31)18(30)17(29)14(11-25)34-21/h2-9,14-15,17-22,25-27,29-32H,10-11H2,1H3. The monoisotopic (exact) mass is 510 g/mol. The van der Waals surface area contributed by atoms with E-state index in [0.717, 1.165) is 12.3 Å². The van der Waals surface area contributed by atoms with Crippen LogP contribution in [-0.4, -0.2) is 103 Å². The number of rotatable bonds is 6. The zero-order chi connectivity index (χ0) is 26.3. The first-order valence-corrected chi connectivity index (χ1v) is 11.4. The minimum absolute atomic E-state index is 0.0442. The first-order chi connectivity index (χ1) is 17.0. The summed E-state index contributed by atoms with van der Waals surface area (Å²) in [7, 11) is 0. The van der Waals surface area contributed by atoms with Crippen LogP contribution in [0.3, 0.4) is 0 Å². The van der Waals surface area contributed by atoms with Crippen molar-refractivity contribution in [1.29, 1.82) is 0 Å². The molecule has 10 unspecified atom stereocenters. The Morgan fingerprint density at radius 2 is 1.86 bits per heavy atom. The summed E-state index contributed by atoms with van der Waals surface area (Å²) in [5.74, 6) is -2.10. The maximum absolute atomic E-state index is 12.7. The number of carbonyl (C=O) groups is 1. The Hall–Kier alpha value is -2.55. The normalized spacial score (nSPS) is 42.2. The lowest BCUT2D eigenvalue weighted by atomic mass is 9.81. The van der Waals surface area contributed by atoms with Gasteiger partial charge in [-0.15, -0.1) is 0 Å². The highest BCUT2D eigenvalue weighted by atomic mass is 16.8. The van der Waals surface area contributed by atoms with Gasteiger partial charge in [0, 0.05) is 18.1 Å². The number of benzene rings is 1. The maximum atomic E-state index is 12.7. The summed E-state index contributed by atoms with van der Waals surface area (Å²) >= 11 is 0. The first-order valence-electron chi connectivity index (χ1n) is 11.4. The van der Waals surface area contributed by atoms with Crippen molar-refractivity contribution in [2.24, 2.45) is 5.92 Å². The van der Waals surface area contributed by atoms with E-state index in [2.05, 4.69) is 0 Å². The molecule has 2 heterocycles. The van der Waals surface area contributed by atoms with Crippen molar-refractivity contribution >= 4 is 12.0 Å². The number of aliphatic hydroxyl groups excluding tert-OH is 5. The predicted molar refractivity (Wildman–Crippen MR) is 120 cm³/mol. The van der Waals surface area contributed by atoms with Crippen molar-refractivity contribution in [1.82, 2.24) is 0 Å². The number of phenolic OH excluding ortho intramolecular Hbond substituents is 1. The van der Waals surface area contributed by atoms with E-state index in [1.54, 1.807) is 18.2 Å². The number of hydrogen-bond donors (Lipinski definition) is 7. The van der Waals surface area contributed by atoms with Gasteiger partial charge in [0.1, 0.15) is 41.4 Å². The van der Waals surface area contributed by atoms with Gasteiger partial charge in [0.15, 0.2) is 6.29 Å². The molecule has 0 amide bonds. The van der Waals surface area contributed by atoms with Crippen LogP contribution in [-0.2, 0) is 23.7 Å². The SMILES string of the molecule is CC1(OC(=O)C=Cc2ccccc2O)CC(O)C2(O)C=COC(OC3OC(CO)C(O)C(O)C3O)C12. The van der Waals surface area contributed by atoms with E-state index < -0.39 is 72.8 Å². The quantitative estimate of drug-likeness (QED) is 0.173. The molecule has 1 saturated carbocycles. The molecule has 36 heavy (non-hydrogen) atoms. The van der Waals surface area contributed by atoms with Crippen LogP contribution in [0.4, 0.5) is 0 Å². The topological polar surface area (TPSA) is 196 Å². The second kappa shape index (κ2) is 10.1. The third-order valence-corrected chi connectivity index (χ3v) is 6.89. The Morgan fingerprint density at radius 3 is 2.56 bits per heavy atom. The first kappa shape index (κ1) is 26.5. The molecule has 12 nitrogen and oxygen atoms in total. The molecule has 4 rings (SSSR count). The summed E-state index contributed by atoms with van der Waals surface area (Å²) in [6.07, 6.45) is -6.23. The number of hydrogen-bond acceptors (Lipinski definition) is 12. The summed E-state index contributed by atoms with van der Waals surface area (Å²) < 4.78 is 22.2. The van der Waals surface area contributed by atoms with Gasteiger partial charge >= 0.3 is 5.97 Å². The maximum Gasteiger partial charge on any atom is 0.331 e. The Kier molecular flexibility index (Phi) is 7.42. The van der Waals surface area contributed by atoms with Gasteiger partial charge in [-0.2, -0.15) is 0 Å². The third-order valence-electron chi connectivity index (χ3n) is 6.89. The summed E-state index contributed by atoms with van der Waals surface area (Å²) in [6.45, 7) is 0.789. The van der Waals surface area contributed by atoms with Crippen LogP contribution in [0.1, 0.15) is 18.9 Å². The van der Waals surface area contributed by atoms with Crippen molar-refractivity contribution in [3.05, 3.63) is 48.2 Å². The summed E-state index contributed by atoms with van der Waals surface area (Å²) in [5, 5.41) is 71.6. The molecule has 10 atom stereocenters. The average molecular weight is 510 g/mol. The number of aromatic hydroxyl groups is 1. The minimum atomic E-state index is -1.95. The van der Waals surface area contributed by atoms with Gasteiger partial charge in [0.25, 0.3) is 0 Å². The summed E-state index contributed by atoms with van der Waals surface area (Å²) in [4.78, 5) is 12.7. The van der Waals surface area contributed by atoms with Crippen LogP contribution < -0.4 is 0 Å². The van der Waals surface area contributed by atoms with Crippen LogP contribution in [0.5, 0.6) is 5.75 Å². The van der Waals surface area contributed by atoms with E-state index in [0.29, 0.717) is 5.56 Å². The molecule has 0 aromatic heterocycles. The van der Waals surface area contributed by atoms with Gasteiger partial charge in [-0.3, -0.25) is 0 Å². The lowest BCUT2D eigenvalue weighted by molar-refractivity contribution is -0.351. The minimum Gasteiger partial charge on any atom is -0.507 e. The number of esters is 1. The van der Waals surface area contributed by atoms with Crippen molar-refractivity contribution in [2.45, 2.75) is 67.6 Å². The number of para-hydroxylation sites is 1. The smallest absolute Gasteiger partial charge is 0.331 e. The van der Waals surface area contributed by atoms with Crippen LogP contribution in [0, 0.1) is 5.92 Å². The average Bonchev–Trinajstić information content (AvgIpc) is 3.04. The Morgan fingerprint density at radius 1 is 1.14 bits per heavy atom. The second-order valence-corrected chi connectivity index (χ2v) is 9.35. The fraction of sp³-hybridized carbons (Fsp3) is 0.542. The summed E-state index contributed by atoms with van der Waals surface area (Å²) in [6, 6.07) is 6.33. The molecule has 1 aromatic rings.